The summed E-state index contributed by atoms with van der Waals surface area (Å²) in [5.41, 5.74) is -0.305. The van der Waals surface area contributed by atoms with Gasteiger partial charge in [0, 0.05) is 11.1 Å². The van der Waals surface area contributed by atoms with Gasteiger partial charge in [0.15, 0.2) is 5.82 Å². The van der Waals surface area contributed by atoms with Crippen LogP contribution in [0.4, 0.5) is 5.82 Å². The average Bonchev–Trinajstić information content (AvgIpc) is 2.88. The van der Waals surface area contributed by atoms with Crippen LogP contribution in [0.15, 0.2) is 17.3 Å². The lowest BCUT2D eigenvalue weighted by molar-refractivity contribution is 0.407. The summed E-state index contributed by atoms with van der Waals surface area (Å²) in [5.74, 6) is 0.605. The molecule has 0 saturated carbocycles. The van der Waals surface area contributed by atoms with Gasteiger partial charge < -0.3 is 15.0 Å². The summed E-state index contributed by atoms with van der Waals surface area (Å²) < 4.78 is 5.05. The number of H-pyrrole nitrogens is 1. The lowest BCUT2D eigenvalue weighted by Crippen LogP contribution is -2.15. The Labute approximate surface area is 114 Å². The predicted octanol–water partition coefficient (Wildman–Crippen LogP) is 1.97. The fourth-order valence-corrected chi connectivity index (χ4v) is 2.49. The largest absolute Gasteiger partial charge is 0.489 e. The Kier molecular flexibility index (Phi) is 4.16. The van der Waals surface area contributed by atoms with Crippen molar-refractivity contribution in [1.29, 1.82) is 0 Å². The molecule has 0 fully saturated rings. The third kappa shape index (κ3) is 2.93. The highest BCUT2D eigenvalue weighted by Gasteiger charge is 2.15. The van der Waals surface area contributed by atoms with E-state index in [1.165, 1.54) is 18.3 Å². The number of hydrogen-bond acceptors (Lipinski definition) is 6. The highest BCUT2D eigenvalue weighted by molar-refractivity contribution is 7.11. The van der Waals surface area contributed by atoms with E-state index in [4.69, 9.17) is 4.74 Å². The van der Waals surface area contributed by atoms with E-state index in [9.17, 15) is 4.79 Å². The molecule has 2 heterocycles. The van der Waals surface area contributed by atoms with Gasteiger partial charge in [0.05, 0.1) is 19.5 Å². The van der Waals surface area contributed by atoms with Gasteiger partial charge in [0.2, 0.25) is 5.75 Å². The van der Waals surface area contributed by atoms with Gasteiger partial charge >= 0.3 is 0 Å². The summed E-state index contributed by atoms with van der Waals surface area (Å²) in [5, 5.41) is 4.11. The number of thiazole rings is 1. The highest BCUT2D eigenvalue weighted by Crippen LogP contribution is 2.25. The molecule has 0 aliphatic heterocycles. The molecule has 2 aromatic rings. The zero-order chi connectivity index (χ0) is 13.8. The first kappa shape index (κ1) is 13.5. The molecule has 6 nitrogen and oxygen atoms in total. The Balaban J connectivity index is 2.21. The Bertz CT molecular complexity index is 608. The molecule has 2 N–H and O–H groups in total. The molecule has 1 unspecified atom stereocenters. The Hall–Kier alpha value is -1.89. The van der Waals surface area contributed by atoms with Gasteiger partial charge in [-0.05, 0) is 13.3 Å². The number of aromatic amines is 1. The van der Waals surface area contributed by atoms with Crippen molar-refractivity contribution in [2.45, 2.75) is 26.3 Å². The van der Waals surface area contributed by atoms with E-state index >= 15 is 0 Å². The van der Waals surface area contributed by atoms with Crippen LogP contribution >= 0.6 is 11.3 Å². The van der Waals surface area contributed by atoms with Crippen LogP contribution in [-0.2, 0) is 6.42 Å². The van der Waals surface area contributed by atoms with Crippen molar-refractivity contribution in [2.75, 3.05) is 12.4 Å². The van der Waals surface area contributed by atoms with E-state index in [1.54, 1.807) is 11.3 Å². The molecule has 0 amide bonds. The molecular weight excluding hydrogens is 264 g/mol. The zero-order valence-electron chi connectivity index (χ0n) is 11.1. The minimum absolute atomic E-state index is 0.0338. The molecule has 19 heavy (non-hydrogen) atoms. The third-order valence-electron chi connectivity index (χ3n) is 2.66. The zero-order valence-corrected chi connectivity index (χ0v) is 11.9. The second-order valence-corrected chi connectivity index (χ2v) is 5.14. The number of hydrogen-bond donors (Lipinski definition) is 2. The van der Waals surface area contributed by atoms with E-state index in [-0.39, 0.29) is 17.4 Å². The molecular formula is C12H16N4O2S. The Morgan fingerprint density at radius 2 is 2.32 bits per heavy atom. The van der Waals surface area contributed by atoms with Crippen LogP contribution < -0.4 is 15.6 Å². The Morgan fingerprint density at radius 1 is 1.53 bits per heavy atom. The maximum absolute atomic E-state index is 11.6. The first-order valence-corrected chi connectivity index (χ1v) is 6.80. The van der Waals surface area contributed by atoms with Crippen molar-refractivity contribution in [3.63, 3.8) is 0 Å². The van der Waals surface area contributed by atoms with E-state index in [2.05, 4.69) is 27.2 Å². The molecule has 0 saturated heterocycles. The maximum atomic E-state index is 11.6. The number of nitrogens with zero attached hydrogens (tertiary/aromatic N) is 2. The number of anilines is 1. The minimum atomic E-state index is -0.305. The van der Waals surface area contributed by atoms with Crippen molar-refractivity contribution in [2.24, 2.45) is 0 Å². The van der Waals surface area contributed by atoms with Crippen molar-refractivity contribution in [1.82, 2.24) is 15.0 Å². The second kappa shape index (κ2) is 5.83. The SMILES string of the molecule is CCc1cnc(C(C)Nc2nc[nH]c(=O)c2OC)s1. The van der Waals surface area contributed by atoms with Crippen molar-refractivity contribution in [3.05, 3.63) is 32.8 Å². The van der Waals surface area contributed by atoms with E-state index < -0.39 is 0 Å². The van der Waals surface area contributed by atoms with Crippen LogP contribution in [0.25, 0.3) is 0 Å². The monoisotopic (exact) mass is 280 g/mol. The highest BCUT2D eigenvalue weighted by atomic mass is 32.1. The summed E-state index contributed by atoms with van der Waals surface area (Å²) in [6, 6.07) is -0.0338. The molecule has 0 spiro atoms. The fourth-order valence-electron chi connectivity index (χ4n) is 1.63. The maximum Gasteiger partial charge on any atom is 0.295 e. The lowest BCUT2D eigenvalue weighted by Gasteiger charge is -2.13. The van der Waals surface area contributed by atoms with Crippen molar-refractivity contribution < 1.29 is 4.74 Å². The van der Waals surface area contributed by atoms with Crippen LogP contribution in [0, 0.1) is 0 Å². The van der Waals surface area contributed by atoms with Gasteiger partial charge in [0.25, 0.3) is 5.56 Å². The van der Waals surface area contributed by atoms with Crippen LogP contribution in [0.1, 0.15) is 29.8 Å². The van der Waals surface area contributed by atoms with Crippen LogP contribution in [0.3, 0.4) is 0 Å². The van der Waals surface area contributed by atoms with Crippen LogP contribution in [0.5, 0.6) is 5.75 Å². The Morgan fingerprint density at radius 3 is 2.95 bits per heavy atom. The van der Waals surface area contributed by atoms with E-state index in [0.29, 0.717) is 5.82 Å². The average molecular weight is 280 g/mol. The predicted molar refractivity (Wildman–Crippen MR) is 74.9 cm³/mol. The van der Waals surface area contributed by atoms with E-state index in [1.807, 2.05) is 13.1 Å². The lowest BCUT2D eigenvalue weighted by atomic mass is 10.3. The molecule has 0 aliphatic rings. The normalized spacial score (nSPS) is 12.2. The topological polar surface area (TPSA) is 79.9 Å². The smallest absolute Gasteiger partial charge is 0.295 e. The fraction of sp³-hybridized carbons (Fsp3) is 0.417. The van der Waals surface area contributed by atoms with Crippen molar-refractivity contribution >= 4 is 17.2 Å². The first-order valence-electron chi connectivity index (χ1n) is 5.98. The summed E-state index contributed by atoms with van der Waals surface area (Å²) >= 11 is 1.65. The summed E-state index contributed by atoms with van der Waals surface area (Å²) in [7, 11) is 1.45. The van der Waals surface area contributed by atoms with Gasteiger partial charge in [-0.2, -0.15) is 0 Å². The molecule has 0 aromatic carbocycles. The molecule has 0 radical (unpaired) electrons. The molecule has 1 atom stereocenters. The number of aryl methyl sites for hydroxylation is 1. The summed E-state index contributed by atoms with van der Waals surface area (Å²) in [6.45, 7) is 4.07. The van der Waals surface area contributed by atoms with Gasteiger partial charge in [-0.1, -0.05) is 6.92 Å². The molecule has 0 bridgehead atoms. The quantitative estimate of drug-likeness (QED) is 0.875. The number of aromatic nitrogens is 3. The summed E-state index contributed by atoms with van der Waals surface area (Å²) in [4.78, 5) is 23.7. The van der Waals surface area contributed by atoms with Gasteiger partial charge in [0.1, 0.15) is 5.01 Å². The van der Waals surface area contributed by atoms with Crippen molar-refractivity contribution in [3.8, 4) is 5.75 Å². The standard InChI is InChI=1S/C12H16N4O2S/c1-4-8-5-13-12(19-8)7(2)16-10-9(18-3)11(17)15-6-14-10/h5-7H,4H2,1-3H3,(H2,14,15,16,17). The molecule has 0 aliphatic carbocycles. The molecule has 2 aromatic heterocycles. The number of rotatable bonds is 5. The number of methoxy groups -OCH3 is 1. The molecule has 102 valence electrons. The first-order chi connectivity index (χ1) is 9.15. The van der Waals surface area contributed by atoms with Crippen LogP contribution in [-0.4, -0.2) is 22.1 Å². The molecule has 7 heteroatoms. The second-order valence-electron chi connectivity index (χ2n) is 4.00. The van der Waals surface area contributed by atoms with Crippen LogP contribution in [0.2, 0.25) is 0 Å². The third-order valence-corrected chi connectivity index (χ3v) is 3.98. The minimum Gasteiger partial charge on any atom is -0.489 e. The molecule has 2 rings (SSSR count). The van der Waals surface area contributed by atoms with Gasteiger partial charge in [-0.25, -0.2) is 9.97 Å². The van der Waals surface area contributed by atoms with Gasteiger partial charge in [-0.15, -0.1) is 11.3 Å². The summed E-state index contributed by atoms with van der Waals surface area (Å²) in [6.07, 6.45) is 4.19. The van der Waals surface area contributed by atoms with E-state index in [0.717, 1.165) is 11.4 Å². The number of nitrogens with one attached hydrogen (secondary N) is 2. The van der Waals surface area contributed by atoms with Gasteiger partial charge in [-0.3, -0.25) is 4.79 Å². The number of ether oxygens (including phenoxy) is 1.